The van der Waals surface area contributed by atoms with E-state index in [1.54, 1.807) is 6.07 Å². The van der Waals surface area contributed by atoms with E-state index in [1.165, 1.54) is 0 Å². The smallest absolute Gasteiger partial charge is 0.255 e. The van der Waals surface area contributed by atoms with Crippen molar-refractivity contribution in [1.29, 1.82) is 0 Å². The van der Waals surface area contributed by atoms with E-state index in [0.717, 1.165) is 48.5 Å². The molecule has 1 aliphatic carbocycles. The van der Waals surface area contributed by atoms with Gasteiger partial charge in [0.1, 0.15) is 5.82 Å². The Morgan fingerprint density at radius 3 is 2.87 bits per heavy atom. The molecule has 0 amide bonds. The predicted octanol–water partition coefficient (Wildman–Crippen LogP) is 3.51. The summed E-state index contributed by atoms with van der Waals surface area (Å²) in [5.41, 5.74) is 2.81. The van der Waals surface area contributed by atoms with Crippen LogP contribution < -0.4 is 5.56 Å². The Bertz CT molecular complexity index is 814. The third-order valence-corrected chi connectivity index (χ3v) is 5.13. The van der Waals surface area contributed by atoms with Gasteiger partial charge in [0, 0.05) is 42.0 Å². The minimum Gasteiger partial charge on any atom is -0.310 e. The van der Waals surface area contributed by atoms with Crippen molar-refractivity contribution in [2.75, 3.05) is 6.54 Å². The SMILES string of the molecule is O=c1[nH]c(C2CC2)nc2c1CN(Cc1ccc(Cl)cc1Cl)CC2. The van der Waals surface area contributed by atoms with Gasteiger partial charge in [-0.05, 0) is 30.5 Å². The van der Waals surface area contributed by atoms with E-state index in [2.05, 4.69) is 14.9 Å². The molecule has 0 unspecified atom stereocenters. The van der Waals surface area contributed by atoms with Crippen molar-refractivity contribution in [2.45, 2.75) is 38.3 Å². The first-order valence-electron chi connectivity index (χ1n) is 7.88. The van der Waals surface area contributed by atoms with Crippen molar-refractivity contribution in [3.05, 3.63) is 61.2 Å². The van der Waals surface area contributed by atoms with Crippen molar-refractivity contribution in [2.24, 2.45) is 0 Å². The van der Waals surface area contributed by atoms with Crippen LogP contribution in [0.15, 0.2) is 23.0 Å². The number of hydrogen-bond acceptors (Lipinski definition) is 3. The summed E-state index contributed by atoms with van der Waals surface area (Å²) in [5.74, 6) is 1.35. The number of benzene rings is 1. The molecule has 1 aromatic heterocycles. The molecule has 6 heteroatoms. The van der Waals surface area contributed by atoms with Crippen LogP contribution in [0.2, 0.25) is 10.0 Å². The van der Waals surface area contributed by atoms with Crippen LogP contribution in [0, 0.1) is 0 Å². The second-order valence-corrected chi connectivity index (χ2v) is 7.19. The fourth-order valence-electron chi connectivity index (χ4n) is 3.08. The average molecular weight is 350 g/mol. The van der Waals surface area contributed by atoms with Gasteiger partial charge in [-0.1, -0.05) is 29.3 Å². The van der Waals surface area contributed by atoms with Gasteiger partial charge in [-0.3, -0.25) is 9.69 Å². The van der Waals surface area contributed by atoms with Crippen LogP contribution in [0.1, 0.15) is 41.4 Å². The lowest BCUT2D eigenvalue weighted by molar-refractivity contribution is 0.241. The highest BCUT2D eigenvalue weighted by atomic mass is 35.5. The second-order valence-electron chi connectivity index (χ2n) is 6.35. The largest absolute Gasteiger partial charge is 0.310 e. The minimum atomic E-state index is 0.0174. The molecule has 2 heterocycles. The van der Waals surface area contributed by atoms with Crippen LogP contribution in [0.3, 0.4) is 0 Å². The van der Waals surface area contributed by atoms with Crippen LogP contribution in [0.5, 0.6) is 0 Å². The standard InChI is InChI=1S/C17H17Cl2N3O/c18-12-4-3-11(14(19)7-12)8-22-6-5-15-13(9-22)17(23)21-16(20-15)10-1-2-10/h3-4,7,10H,1-2,5-6,8-9H2,(H,20,21,23). The second kappa shape index (κ2) is 5.93. The topological polar surface area (TPSA) is 49.0 Å². The molecule has 1 fully saturated rings. The molecule has 4 nitrogen and oxygen atoms in total. The summed E-state index contributed by atoms with van der Waals surface area (Å²) < 4.78 is 0. The van der Waals surface area contributed by atoms with E-state index in [0.29, 0.717) is 29.1 Å². The number of nitrogens with zero attached hydrogens (tertiary/aromatic N) is 2. The van der Waals surface area contributed by atoms with E-state index in [-0.39, 0.29) is 5.56 Å². The zero-order valence-electron chi connectivity index (χ0n) is 12.6. The van der Waals surface area contributed by atoms with Crippen molar-refractivity contribution >= 4 is 23.2 Å². The minimum absolute atomic E-state index is 0.0174. The maximum absolute atomic E-state index is 12.4. The summed E-state index contributed by atoms with van der Waals surface area (Å²) >= 11 is 12.2. The molecule has 0 atom stereocenters. The van der Waals surface area contributed by atoms with Crippen LogP contribution in [0.4, 0.5) is 0 Å². The van der Waals surface area contributed by atoms with Crippen LogP contribution in [0.25, 0.3) is 0 Å². The molecule has 4 rings (SSSR count). The van der Waals surface area contributed by atoms with Gasteiger partial charge in [0.2, 0.25) is 0 Å². The Kier molecular flexibility index (Phi) is 3.92. The number of aromatic amines is 1. The summed E-state index contributed by atoms with van der Waals surface area (Å²) in [6.45, 7) is 2.20. The number of H-pyrrole nitrogens is 1. The fourth-order valence-corrected chi connectivity index (χ4v) is 3.54. The van der Waals surface area contributed by atoms with E-state index >= 15 is 0 Å². The molecule has 1 aliphatic heterocycles. The Labute approximate surface area is 144 Å². The Balaban J connectivity index is 1.55. The highest BCUT2D eigenvalue weighted by Gasteiger charge is 2.29. The van der Waals surface area contributed by atoms with Gasteiger partial charge < -0.3 is 4.98 Å². The zero-order chi connectivity index (χ0) is 16.0. The number of hydrogen-bond donors (Lipinski definition) is 1. The van der Waals surface area contributed by atoms with Gasteiger partial charge in [0.05, 0.1) is 11.3 Å². The first kappa shape index (κ1) is 15.2. The lowest BCUT2D eigenvalue weighted by atomic mass is 10.1. The fraction of sp³-hybridized carbons (Fsp3) is 0.412. The van der Waals surface area contributed by atoms with Crippen molar-refractivity contribution in [1.82, 2.24) is 14.9 Å². The van der Waals surface area contributed by atoms with Gasteiger partial charge >= 0.3 is 0 Å². The summed E-state index contributed by atoms with van der Waals surface area (Å²) in [5, 5.41) is 1.30. The monoisotopic (exact) mass is 349 g/mol. The lowest BCUT2D eigenvalue weighted by Gasteiger charge is -2.28. The Morgan fingerprint density at radius 2 is 2.13 bits per heavy atom. The van der Waals surface area contributed by atoms with E-state index in [9.17, 15) is 4.79 Å². The highest BCUT2D eigenvalue weighted by Crippen LogP contribution is 2.37. The van der Waals surface area contributed by atoms with E-state index < -0.39 is 0 Å². The molecular weight excluding hydrogens is 333 g/mol. The Morgan fingerprint density at radius 1 is 1.30 bits per heavy atom. The number of fused-ring (bicyclic) bond motifs is 1. The number of aromatic nitrogens is 2. The molecule has 0 bridgehead atoms. The quantitative estimate of drug-likeness (QED) is 0.922. The maximum Gasteiger partial charge on any atom is 0.255 e. The number of halogens is 2. The van der Waals surface area contributed by atoms with Gasteiger partial charge in [-0.25, -0.2) is 4.98 Å². The molecule has 0 spiro atoms. The number of nitrogens with one attached hydrogen (secondary N) is 1. The maximum atomic E-state index is 12.4. The number of rotatable bonds is 3. The third kappa shape index (κ3) is 3.16. The Hall–Kier alpha value is -1.36. The molecule has 0 radical (unpaired) electrons. The first-order chi connectivity index (χ1) is 11.1. The third-order valence-electron chi connectivity index (χ3n) is 4.54. The van der Waals surface area contributed by atoms with Crippen molar-refractivity contribution in [3.8, 4) is 0 Å². The molecule has 0 saturated heterocycles. The van der Waals surface area contributed by atoms with Crippen LogP contribution in [-0.2, 0) is 19.5 Å². The summed E-state index contributed by atoms with van der Waals surface area (Å²) in [7, 11) is 0. The van der Waals surface area contributed by atoms with Gasteiger partial charge in [0.15, 0.2) is 0 Å². The summed E-state index contributed by atoms with van der Waals surface area (Å²) in [4.78, 5) is 22.2. The molecule has 2 aromatic rings. The van der Waals surface area contributed by atoms with Crippen LogP contribution in [-0.4, -0.2) is 21.4 Å². The van der Waals surface area contributed by atoms with Gasteiger partial charge in [-0.15, -0.1) is 0 Å². The highest BCUT2D eigenvalue weighted by molar-refractivity contribution is 6.35. The van der Waals surface area contributed by atoms with E-state index in [4.69, 9.17) is 23.2 Å². The molecule has 2 aliphatic rings. The zero-order valence-corrected chi connectivity index (χ0v) is 14.1. The molecule has 120 valence electrons. The predicted molar refractivity (Wildman–Crippen MR) is 91.1 cm³/mol. The van der Waals surface area contributed by atoms with Crippen molar-refractivity contribution in [3.63, 3.8) is 0 Å². The van der Waals surface area contributed by atoms with Gasteiger partial charge in [0.25, 0.3) is 5.56 Å². The van der Waals surface area contributed by atoms with E-state index in [1.807, 2.05) is 12.1 Å². The molecule has 1 aromatic carbocycles. The lowest BCUT2D eigenvalue weighted by Crippen LogP contribution is -2.35. The normalized spacial score (nSPS) is 18.0. The molecule has 23 heavy (non-hydrogen) atoms. The first-order valence-corrected chi connectivity index (χ1v) is 8.64. The molecular formula is C17H17Cl2N3O. The summed E-state index contributed by atoms with van der Waals surface area (Å²) in [6.07, 6.45) is 3.09. The average Bonchev–Trinajstić information content (AvgIpc) is 3.35. The van der Waals surface area contributed by atoms with Crippen molar-refractivity contribution < 1.29 is 0 Å². The van der Waals surface area contributed by atoms with Crippen LogP contribution >= 0.6 is 23.2 Å². The van der Waals surface area contributed by atoms with Gasteiger partial charge in [-0.2, -0.15) is 0 Å². The molecule has 1 saturated carbocycles. The molecule has 1 N–H and O–H groups in total. The summed E-state index contributed by atoms with van der Waals surface area (Å²) in [6, 6.07) is 5.54.